The van der Waals surface area contributed by atoms with Gasteiger partial charge in [0.15, 0.2) is 0 Å². The Morgan fingerprint density at radius 2 is 2.11 bits per heavy atom. The van der Waals surface area contributed by atoms with Gasteiger partial charge in [-0.05, 0) is 27.2 Å². The molecule has 110 valence electrons. The van der Waals surface area contributed by atoms with E-state index in [4.69, 9.17) is 9.84 Å². The second-order valence-corrected chi connectivity index (χ2v) is 5.66. The summed E-state index contributed by atoms with van der Waals surface area (Å²) in [7, 11) is 1.71. The molecule has 0 aromatic heterocycles. The van der Waals surface area contributed by atoms with Crippen LogP contribution < -0.4 is 0 Å². The van der Waals surface area contributed by atoms with Crippen LogP contribution in [0.4, 0.5) is 4.79 Å². The number of rotatable bonds is 5. The van der Waals surface area contributed by atoms with Gasteiger partial charge in [-0.2, -0.15) is 0 Å². The molecule has 0 saturated carbocycles. The summed E-state index contributed by atoms with van der Waals surface area (Å²) in [6.45, 7) is 7.35. The van der Waals surface area contributed by atoms with Crippen LogP contribution in [0.15, 0.2) is 0 Å². The first-order valence-electron chi connectivity index (χ1n) is 6.61. The molecule has 1 aliphatic heterocycles. The molecule has 0 aliphatic carbocycles. The lowest BCUT2D eigenvalue weighted by molar-refractivity contribution is -0.147. The minimum absolute atomic E-state index is 0.127. The molecule has 6 heteroatoms. The van der Waals surface area contributed by atoms with Crippen molar-refractivity contribution in [1.82, 2.24) is 9.80 Å². The van der Waals surface area contributed by atoms with Crippen LogP contribution in [0.1, 0.15) is 27.2 Å². The van der Waals surface area contributed by atoms with Gasteiger partial charge < -0.3 is 19.6 Å². The number of carbonyl (C=O) groups excluding carboxylic acids is 1. The number of urea groups is 1. The zero-order chi connectivity index (χ0) is 14.6. The Bertz CT molecular complexity index is 346. The first-order chi connectivity index (χ1) is 8.76. The van der Waals surface area contributed by atoms with Crippen molar-refractivity contribution in [2.45, 2.75) is 33.3 Å². The van der Waals surface area contributed by atoms with E-state index in [0.717, 1.165) is 0 Å². The Kier molecular flexibility index (Phi) is 5.17. The third kappa shape index (κ3) is 4.09. The molecule has 1 unspecified atom stereocenters. The van der Waals surface area contributed by atoms with Gasteiger partial charge in [-0.15, -0.1) is 0 Å². The molecule has 1 atom stereocenters. The number of carboxylic acids is 1. The second-order valence-electron chi connectivity index (χ2n) is 5.66. The van der Waals surface area contributed by atoms with Gasteiger partial charge in [0.05, 0.1) is 18.1 Å². The van der Waals surface area contributed by atoms with Gasteiger partial charge in [0.2, 0.25) is 0 Å². The van der Waals surface area contributed by atoms with Crippen LogP contribution >= 0.6 is 0 Å². The zero-order valence-electron chi connectivity index (χ0n) is 12.2. The van der Waals surface area contributed by atoms with Gasteiger partial charge in [0, 0.05) is 26.7 Å². The van der Waals surface area contributed by atoms with E-state index in [1.54, 1.807) is 23.8 Å². The van der Waals surface area contributed by atoms with E-state index in [1.165, 1.54) is 0 Å². The maximum atomic E-state index is 12.1. The van der Waals surface area contributed by atoms with Gasteiger partial charge in [-0.3, -0.25) is 4.79 Å². The number of amides is 2. The average Bonchev–Trinajstić information content (AvgIpc) is 2.71. The van der Waals surface area contributed by atoms with Gasteiger partial charge in [-0.25, -0.2) is 4.79 Å². The molecule has 1 saturated heterocycles. The standard InChI is InChI=1S/C13H24N2O4/c1-10(2)19-8-7-14(4)12(18)15-6-5-13(3,9-15)11(16)17/h10H,5-9H2,1-4H3,(H,16,17). The minimum Gasteiger partial charge on any atom is -0.481 e. The summed E-state index contributed by atoms with van der Waals surface area (Å²) in [5.41, 5.74) is -0.815. The van der Waals surface area contributed by atoms with Gasteiger partial charge in [-0.1, -0.05) is 0 Å². The molecular formula is C13H24N2O4. The minimum atomic E-state index is -0.839. The smallest absolute Gasteiger partial charge is 0.319 e. The highest BCUT2D eigenvalue weighted by Gasteiger charge is 2.42. The van der Waals surface area contributed by atoms with Gasteiger partial charge in [0.25, 0.3) is 0 Å². The van der Waals surface area contributed by atoms with E-state index in [-0.39, 0.29) is 18.7 Å². The molecule has 2 amide bonds. The summed E-state index contributed by atoms with van der Waals surface area (Å²) in [4.78, 5) is 26.5. The zero-order valence-corrected chi connectivity index (χ0v) is 12.2. The molecule has 6 nitrogen and oxygen atoms in total. The molecule has 1 aliphatic rings. The van der Waals surface area contributed by atoms with Crippen LogP contribution in [0.25, 0.3) is 0 Å². The van der Waals surface area contributed by atoms with Crippen LogP contribution in [0, 0.1) is 5.41 Å². The second kappa shape index (κ2) is 6.23. The third-order valence-corrected chi connectivity index (χ3v) is 3.46. The van der Waals surface area contributed by atoms with Crippen molar-refractivity contribution in [2.24, 2.45) is 5.41 Å². The van der Waals surface area contributed by atoms with Crippen molar-refractivity contribution in [1.29, 1.82) is 0 Å². The average molecular weight is 272 g/mol. The number of likely N-dealkylation sites (tertiary alicyclic amines) is 1. The van der Waals surface area contributed by atoms with E-state index in [2.05, 4.69) is 0 Å². The lowest BCUT2D eigenvalue weighted by Gasteiger charge is -2.26. The van der Waals surface area contributed by atoms with E-state index >= 15 is 0 Å². The Morgan fingerprint density at radius 1 is 1.47 bits per heavy atom. The third-order valence-electron chi connectivity index (χ3n) is 3.46. The number of carbonyl (C=O) groups is 2. The maximum Gasteiger partial charge on any atom is 0.319 e. The number of hydrogen-bond donors (Lipinski definition) is 1. The maximum absolute atomic E-state index is 12.1. The molecule has 1 N–H and O–H groups in total. The summed E-state index contributed by atoms with van der Waals surface area (Å²) in [5, 5.41) is 9.14. The van der Waals surface area contributed by atoms with E-state index < -0.39 is 11.4 Å². The quantitative estimate of drug-likeness (QED) is 0.818. The van der Waals surface area contributed by atoms with Crippen molar-refractivity contribution >= 4 is 12.0 Å². The van der Waals surface area contributed by atoms with Crippen molar-refractivity contribution in [3.63, 3.8) is 0 Å². The van der Waals surface area contributed by atoms with E-state index in [1.807, 2.05) is 13.8 Å². The SMILES string of the molecule is CC(C)OCCN(C)C(=O)N1CCC(C)(C(=O)O)C1. The molecule has 0 aromatic rings. The van der Waals surface area contributed by atoms with E-state index in [0.29, 0.717) is 26.1 Å². The van der Waals surface area contributed by atoms with Gasteiger partial charge in [0.1, 0.15) is 0 Å². The first-order valence-corrected chi connectivity index (χ1v) is 6.61. The fraction of sp³-hybridized carbons (Fsp3) is 0.846. The molecule has 1 rings (SSSR count). The fourth-order valence-electron chi connectivity index (χ4n) is 2.06. The topological polar surface area (TPSA) is 70.1 Å². The molecule has 0 bridgehead atoms. The molecule has 1 fully saturated rings. The first kappa shape index (κ1) is 15.8. The van der Waals surface area contributed by atoms with Crippen LogP contribution in [0.2, 0.25) is 0 Å². The highest BCUT2D eigenvalue weighted by Crippen LogP contribution is 2.30. The van der Waals surface area contributed by atoms with Crippen molar-refractivity contribution < 1.29 is 19.4 Å². The van der Waals surface area contributed by atoms with E-state index in [9.17, 15) is 9.59 Å². The number of hydrogen-bond acceptors (Lipinski definition) is 3. The molecule has 19 heavy (non-hydrogen) atoms. The highest BCUT2D eigenvalue weighted by molar-refractivity contribution is 5.79. The number of aliphatic carboxylic acids is 1. The summed E-state index contributed by atoms with van der Waals surface area (Å²) < 4.78 is 5.40. The van der Waals surface area contributed by atoms with Crippen LogP contribution in [0.5, 0.6) is 0 Å². The van der Waals surface area contributed by atoms with Crippen molar-refractivity contribution in [3.05, 3.63) is 0 Å². The number of carboxylic acid groups (broad SMARTS) is 1. The number of nitrogens with zero attached hydrogens (tertiary/aromatic N) is 2. The molecule has 1 heterocycles. The molecular weight excluding hydrogens is 248 g/mol. The summed E-state index contributed by atoms with van der Waals surface area (Å²) >= 11 is 0. The Balaban J connectivity index is 2.44. The van der Waals surface area contributed by atoms with Crippen LogP contribution in [-0.2, 0) is 9.53 Å². The summed E-state index contributed by atoms with van der Waals surface area (Å²) in [6, 6.07) is -0.127. The largest absolute Gasteiger partial charge is 0.481 e. The lowest BCUT2D eigenvalue weighted by atomic mass is 9.90. The molecule has 0 aromatic carbocycles. The van der Waals surface area contributed by atoms with Crippen LogP contribution in [-0.4, -0.2) is 66.3 Å². The predicted octanol–water partition coefficient (Wildman–Crippen LogP) is 1.26. The Morgan fingerprint density at radius 3 is 2.58 bits per heavy atom. The summed E-state index contributed by atoms with van der Waals surface area (Å²) in [5.74, 6) is -0.839. The summed E-state index contributed by atoms with van der Waals surface area (Å²) in [6.07, 6.45) is 0.648. The van der Waals surface area contributed by atoms with Crippen LogP contribution in [0.3, 0.4) is 0 Å². The van der Waals surface area contributed by atoms with Gasteiger partial charge >= 0.3 is 12.0 Å². The molecule has 0 spiro atoms. The number of ether oxygens (including phenoxy) is 1. The fourth-order valence-corrected chi connectivity index (χ4v) is 2.06. The lowest BCUT2D eigenvalue weighted by Crippen LogP contribution is -2.43. The predicted molar refractivity (Wildman–Crippen MR) is 71.0 cm³/mol. The highest BCUT2D eigenvalue weighted by atomic mass is 16.5. The monoisotopic (exact) mass is 272 g/mol. The van der Waals surface area contributed by atoms with Crippen molar-refractivity contribution in [3.8, 4) is 0 Å². The Labute approximate surface area is 114 Å². The normalized spacial score (nSPS) is 22.9. The van der Waals surface area contributed by atoms with Crippen molar-refractivity contribution in [2.75, 3.05) is 33.3 Å². The number of likely N-dealkylation sites (N-methyl/N-ethyl adjacent to an activating group) is 1. The molecule has 0 radical (unpaired) electrons. The Hall–Kier alpha value is -1.30.